The molecule has 0 aliphatic carbocycles. The van der Waals surface area contributed by atoms with Gasteiger partial charge in [0.2, 0.25) is 5.13 Å². The van der Waals surface area contributed by atoms with Crippen LogP contribution >= 0.6 is 11.5 Å². The highest BCUT2D eigenvalue weighted by Crippen LogP contribution is 2.04. The first-order valence-corrected chi connectivity index (χ1v) is 3.99. The Labute approximate surface area is 72.9 Å². The molecule has 0 atom stereocenters. The van der Waals surface area contributed by atoms with E-state index < -0.39 is 6.09 Å². The van der Waals surface area contributed by atoms with Crippen molar-refractivity contribution < 1.29 is 9.53 Å². The van der Waals surface area contributed by atoms with Crippen LogP contribution in [0, 0.1) is 0 Å². The van der Waals surface area contributed by atoms with Gasteiger partial charge in [0.15, 0.2) is 0 Å². The number of nitrogens with zero attached hydrogens (tertiary/aromatic N) is 2. The van der Waals surface area contributed by atoms with Crippen molar-refractivity contribution in [3.8, 4) is 0 Å². The predicted molar refractivity (Wildman–Crippen MR) is 43.9 cm³/mol. The van der Waals surface area contributed by atoms with Gasteiger partial charge in [-0.25, -0.2) is 9.78 Å². The van der Waals surface area contributed by atoms with Gasteiger partial charge in [0.1, 0.15) is 12.9 Å². The van der Waals surface area contributed by atoms with Crippen LogP contribution in [0.1, 0.15) is 0 Å². The molecule has 1 aromatic rings. The van der Waals surface area contributed by atoms with Crippen molar-refractivity contribution in [2.45, 2.75) is 0 Å². The molecule has 1 heterocycles. The van der Waals surface area contributed by atoms with Crippen LogP contribution < -0.4 is 11.1 Å². The molecule has 0 radical (unpaired) electrons. The van der Waals surface area contributed by atoms with Crippen LogP contribution in [0.15, 0.2) is 6.33 Å². The van der Waals surface area contributed by atoms with Gasteiger partial charge in [0.05, 0.1) is 6.54 Å². The van der Waals surface area contributed by atoms with E-state index in [0.29, 0.717) is 11.7 Å². The molecule has 0 bridgehead atoms. The van der Waals surface area contributed by atoms with Crippen molar-refractivity contribution in [1.29, 1.82) is 0 Å². The molecule has 6 nitrogen and oxygen atoms in total. The van der Waals surface area contributed by atoms with Gasteiger partial charge < -0.3 is 15.8 Å². The molecule has 1 amide bonds. The largest absolute Gasteiger partial charge is 0.448 e. The molecule has 1 aromatic heterocycles. The van der Waals surface area contributed by atoms with E-state index in [0.717, 1.165) is 0 Å². The molecule has 0 saturated carbocycles. The van der Waals surface area contributed by atoms with Gasteiger partial charge in [-0.1, -0.05) is 0 Å². The number of hydrogen-bond acceptors (Lipinski definition) is 6. The van der Waals surface area contributed by atoms with Gasteiger partial charge in [-0.3, -0.25) is 0 Å². The monoisotopic (exact) mass is 188 g/mol. The molecule has 0 aliphatic heterocycles. The number of nitrogens with two attached hydrogens (primary N) is 1. The molecule has 0 saturated heterocycles. The fourth-order valence-electron chi connectivity index (χ4n) is 0.561. The topological polar surface area (TPSA) is 90.1 Å². The van der Waals surface area contributed by atoms with E-state index in [1.54, 1.807) is 0 Å². The lowest BCUT2D eigenvalue weighted by atomic mass is 10.7. The molecule has 7 heteroatoms. The van der Waals surface area contributed by atoms with Crippen molar-refractivity contribution >= 4 is 22.8 Å². The highest BCUT2D eigenvalue weighted by molar-refractivity contribution is 7.09. The first-order chi connectivity index (χ1) is 5.79. The summed E-state index contributed by atoms with van der Waals surface area (Å²) in [4.78, 5) is 14.0. The maximum absolute atomic E-state index is 10.1. The number of rotatable bonds is 4. The lowest BCUT2D eigenvalue weighted by Crippen LogP contribution is -2.18. The maximum Gasteiger partial charge on any atom is 0.404 e. The molecule has 0 aromatic carbocycles. The maximum atomic E-state index is 10.1. The molecule has 0 unspecified atom stereocenters. The Kier molecular flexibility index (Phi) is 3.27. The van der Waals surface area contributed by atoms with Crippen molar-refractivity contribution in [3.63, 3.8) is 0 Å². The van der Waals surface area contributed by atoms with Crippen LogP contribution in [0.25, 0.3) is 0 Å². The highest BCUT2D eigenvalue weighted by Gasteiger charge is 1.95. The summed E-state index contributed by atoms with van der Waals surface area (Å²) in [7, 11) is 0. The fraction of sp³-hybridized carbons (Fsp3) is 0.400. The Morgan fingerprint density at radius 1 is 1.83 bits per heavy atom. The predicted octanol–water partition coefficient (Wildman–Crippen LogP) is 0.0453. The SMILES string of the molecule is NC(=O)OCCNc1ncns1. The average Bonchev–Trinajstić information content (AvgIpc) is 2.49. The van der Waals surface area contributed by atoms with Crippen molar-refractivity contribution in [2.75, 3.05) is 18.5 Å². The molecule has 0 spiro atoms. The van der Waals surface area contributed by atoms with Gasteiger partial charge in [0.25, 0.3) is 0 Å². The number of hydrogen-bond donors (Lipinski definition) is 2. The first-order valence-electron chi connectivity index (χ1n) is 3.22. The van der Waals surface area contributed by atoms with E-state index >= 15 is 0 Å². The first kappa shape index (κ1) is 8.72. The molecule has 1 rings (SSSR count). The molecular formula is C5H8N4O2S. The van der Waals surface area contributed by atoms with Crippen LogP contribution in [-0.2, 0) is 4.74 Å². The lowest BCUT2D eigenvalue weighted by molar-refractivity contribution is 0.161. The number of carbonyl (C=O) groups excluding carboxylic acids is 1. The van der Waals surface area contributed by atoms with Gasteiger partial charge >= 0.3 is 6.09 Å². The second-order valence-electron chi connectivity index (χ2n) is 1.84. The Morgan fingerprint density at radius 2 is 2.67 bits per heavy atom. The quantitative estimate of drug-likeness (QED) is 0.651. The third-order valence-electron chi connectivity index (χ3n) is 0.984. The van der Waals surface area contributed by atoms with Crippen LogP contribution in [0.5, 0.6) is 0 Å². The molecular weight excluding hydrogens is 180 g/mol. The third-order valence-corrected chi connectivity index (χ3v) is 1.61. The second kappa shape index (κ2) is 4.50. The number of primary amides is 1. The van der Waals surface area contributed by atoms with Gasteiger partial charge in [-0.2, -0.15) is 4.37 Å². The summed E-state index contributed by atoms with van der Waals surface area (Å²) in [5.74, 6) is 0. The number of aromatic nitrogens is 2. The number of amides is 1. The summed E-state index contributed by atoms with van der Waals surface area (Å²) in [6, 6.07) is 0. The summed E-state index contributed by atoms with van der Waals surface area (Å²) in [5, 5.41) is 3.59. The van der Waals surface area contributed by atoms with Crippen LogP contribution in [0.3, 0.4) is 0 Å². The number of nitrogens with one attached hydrogen (secondary N) is 1. The summed E-state index contributed by atoms with van der Waals surface area (Å²) in [5.41, 5.74) is 4.74. The molecule has 12 heavy (non-hydrogen) atoms. The van der Waals surface area contributed by atoms with Gasteiger partial charge in [-0.05, 0) is 0 Å². The van der Waals surface area contributed by atoms with Crippen molar-refractivity contribution in [1.82, 2.24) is 9.36 Å². The standard InChI is InChI=1S/C5H8N4O2S/c6-4(10)11-2-1-7-5-8-3-9-12-5/h3H,1-2H2,(H2,6,10)(H,7,8,9). The zero-order chi connectivity index (χ0) is 8.81. The van der Waals surface area contributed by atoms with Crippen molar-refractivity contribution in [2.24, 2.45) is 5.73 Å². The second-order valence-corrected chi connectivity index (χ2v) is 2.62. The van der Waals surface area contributed by atoms with Gasteiger partial charge in [0, 0.05) is 11.5 Å². The van der Waals surface area contributed by atoms with E-state index in [4.69, 9.17) is 5.73 Å². The molecule has 66 valence electrons. The molecule has 0 fully saturated rings. The van der Waals surface area contributed by atoms with E-state index in [1.165, 1.54) is 17.9 Å². The zero-order valence-electron chi connectivity index (χ0n) is 6.19. The number of carbonyl (C=O) groups is 1. The van der Waals surface area contributed by atoms with E-state index in [-0.39, 0.29) is 6.61 Å². The Bertz CT molecular complexity index is 238. The van der Waals surface area contributed by atoms with E-state index in [9.17, 15) is 4.79 Å². The van der Waals surface area contributed by atoms with Gasteiger partial charge in [-0.15, -0.1) is 0 Å². The van der Waals surface area contributed by atoms with Crippen molar-refractivity contribution in [3.05, 3.63) is 6.33 Å². The van der Waals surface area contributed by atoms with E-state index in [1.807, 2.05) is 0 Å². The van der Waals surface area contributed by atoms with E-state index in [2.05, 4.69) is 19.4 Å². The van der Waals surface area contributed by atoms with Crippen LogP contribution in [-0.4, -0.2) is 28.6 Å². The Hall–Kier alpha value is -1.37. The number of ether oxygens (including phenoxy) is 1. The third kappa shape index (κ3) is 3.15. The molecule has 0 aliphatic rings. The summed E-state index contributed by atoms with van der Waals surface area (Å²) >= 11 is 1.24. The van der Waals surface area contributed by atoms with Crippen LogP contribution in [0.4, 0.5) is 9.93 Å². The van der Waals surface area contributed by atoms with Crippen LogP contribution in [0.2, 0.25) is 0 Å². The minimum atomic E-state index is -0.769. The smallest absolute Gasteiger partial charge is 0.404 e. The fourth-order valence-corrected chi connectivity index (χ4v) is 1.02. The zero-order valence-corrected chi connectivity index (χ0v) is 7.00. The summed E-state index contributed by atoms with van der Waals surface area (Å²) in [6.07, 6.45) is 0.677. The average molecular weight is 188 g/mol. The minimum absolute atomic E-state index is 0.231. The lowest BCUT2D eigenvalue weighted by Gasteiger charge is -2.00. The highest BCUT2D eigenvalue weighted by atomic mass is 32.1. The summed E-state index contributed by atoms with van der Waals surface area (Å²) < 4.78 is 8.24. The number of anilines is 1. The molecule has 3 N–H and O–H groups in total. The summed E-state index contributed by atoms with van der Waals surface area (Å²) in [6.45, 7) is 0.715. The Balaban J connectivity index is 2.07. The minimum Gasteiger partial charge on any atom is -0.448 e. The normalized spacial score (nSPS) is 9.33. The Morgan fingerprint density at radius 3 is 3.25 bits per heavy atom.